The highest BCUT2D eigenvalue weighted by atomic mass is 32.2. The molecular weight excluding hydrogens is 358 g/mol. The molecule has 2 rings (SSSR count). The lowest BCUT2D eigenvalue weighted by molar-refractivity contribution is 0.112. The lowest BCUT2D eigenvalue weighted by Crippen LogP contribution is -2.14. The van der Waals surface area contributed by atoms with Crippen LogP contribution in [0.15, 0.2) is 47.4 Å². The Balaban J connectivity index is 2.09. The molecule has 0 aliphatic rings. The molecule has 0 bridgehead atoms. The van der Waals surface area contributed by atoms with Gasteiger partial charge in [-0.25, -0.2) is 8.42 Å². The minimum atomic E-state index is -3.84. The predicted molar refractivity (Wildman–Crippen MR) is 96.9 cm³/mol. The summed E-state index contributed by atoms with van der Waals surface area (Å²) in [5.41, 5.74) is 1.32. The van der Waals surface area contributed by atoms with Crippen molar-refractivity contribution in [2.75, 3.05) is 11.3 Å². The van der Waals surface area contributed by atoms with E-state index in [-0.39, 0.29) is 17.4 Å². The smallest absolute Gasteiger partial charge is 0.261 e. The van der Waals surface area contributed by atoms with E-state index in [4.69, 9.17) is 15.6 Å². The van der Waals surface area contributed by atoms with Crippen LogP contribution in [0.4, 0.5) is 5.69 Å². The van der Waals surface area contributed by atoms with E-state index >= 15 is 0 Å². The van der Waals surface area contributed by atoms with Gasteiger partial charge < -0.3 is 9.47 Å². The van der Waals surface area contributed by atoms with Crippen LogP contribution in [0.3, 0.4) is 0 Å². The second kappa shape index (κ2) is 8.26. The van der Waals surface area contributed by atoms with Crippen molar-refractivity contribution in [3.05, 3.63) is 53.6 Å². The zero-order valence-corrected chi connectivity index (χ0v) is 14.7. The van der Waals surface area contributed by atoms with E-state index in [1.54, 1.807) is 13.0 Å². The highest BCUT2D eigenvalue weighted by Crippen LogP contribution is 2.21. The number of aldehydes is 1. The number of aryl methyl sites for hydroxylation is 1. The molecule has 0 aliphatic heterocycles. The molecule has 26 heavy (non-hydrogen) atoms. The van der Waals surface area contributed by atoms with Gasteiger partial charge in [-0.05, 0) is 48.9 Å². The highest BCUT2D eigenvalue weighted by molar-refractivity contribution is 7.92. The van der Waals surface area contributed by atoms with Crippen molar-refractivity contribution in [2.24, 2.45) is 0 Å². The molecule has 2 aromatic carbocycles. The van der Waals surface area contributed by atoms with Crippen LogP contribution in [-0.2, 0) is 14.8 Å². The second-order valence-corrected chi connectivity index (χ2v) is 6.90. The Morgan fingerprint density at radius 1 is 1.19 bits per heavy atom. The third-order valence-electron chi connectivity index (χ3n) is 3.37. The van der Waals surface area contributed by atoms with Gasteiger partial charge >= 0.3 is 0 Å². The minimum Gasteiger partial charge on any atom is -0.484 e. The van der Waals surface area contributed by atoms with Gasteiger partial charge in [0.1, 0.15) is 12.0 Å². The molecule has 136 valence electrons. The summed E-state index contributed by atoms with van der Waals surface area (Å²) in [6, 6.07) is 10.4. The molecule has 3 N–H and O–H groups in total. The van der Waals surface area contributed by atoms with Gasteiger partial charge in [0.25, 0.3) is 10.0 Å². The van der Waals surface area contributed by atoms with Crippen molar-refractivity contribution in [1.29, 1.82) is 10.8 Å². The van der Waals surface area contributed by atoms with Crippen molar-refractivity contribution in [1.82, 2.24) is 0 Å². The number of anilines is 1. The first-order chi connectivity index (χ1) is 12.4. The zero-order valence-electron chi connectivity index (χ0n) is 13.9. The van der Waals surface area contributed by atoms with Crippen LogP contribution < -0.4 is 9.46 Å². The summed E-state index contributed by atoms with van der Waals surface area (Å²) in [6.07, 6.45) is 1.24. The van der Waals surface area contributed by atoms with Crippen molar-refractivity contribution < 1.29 is 22.7 Å². The quantitative estimate of drug-likeness (QED) is 0.371. The molecule has 2 aromatic rings. The number of ether oxygens (including phenoxy) is 2. The third kappa shape index (κ3) is 4.90. The Hall–Kier alpha value is -3.20. The summed E-state index contributed by atoms with van der Waals surface area (Å²) in [5, 5.41) is 14.0. The summed E-state index contributed by atoms with van der Waals surface area (Å²) in [6.45, 7) is 1.57. The molecule has 0 spiro atoms. The van der Waals surface area contributed by atoms with E-state index < -0.39 is 10.0 Å². The largest absolute Gasteiger partial charge is 0.484 e. The van der Waals surface area contributed by atoms with Crippen molar-refractivity contribution >= 4 is 34.3 Å². The lowest BCUT2D eigenvalue weighted by Gasteiger charge is -2.10. The third-order valence-corrected chi connectivity index (χ3v) is 4.74. The highest BCUT2D eigenvalue weighted by Gasteiger charge is 2.15. The van der Waals surface area contributed by atoms with E-state index in [2.05, 4.69) is 9.46 Å². The summed E-state index contributed by atoms with van der Waals surface area (Å²) in [5.74, 6) is 0.181. The Kier molecular flexibility index (Phi) is 6.07. The first kappa shape index (κ1) is 19.1. The monoisotopic (exact) mass is 375 g/mol. The number of hydrogen-bond acceptors (Lipinski definition) is 7. The molecular formula is C17H17N3O5S. The average molecular weight is 375 g/mol. The molecule has 0 unspecified atom stereocenters. The van der Waals surface area contributed by atoms with E-state index in [1.165, 1.54) is 36.4 Å². The van der Waals surface area contributed by atoms with Crippen molar-refractivity contribution in [3.63, 3.8) is 0 Å². The van der Waals surface area contributed by atoms with Gasteiger partial charge in [0, 0.05) is 11.3 Å². The van der Waals surface area contributed by atoms with Gasteiger partial charge in [0.05, 0.1) is 4.90 Å². The Bertz CT molecular complexity index is 924. The number of hydrogen-bond donors (Lipinski definition) is 3. The summed E-state index contributed by atoms with van der Waals surface area (Å²) < 4.78 is 37.1. The van der Waals surface area contributed by atoms with Crippen LogP contribution in [0.1, 0.15) is 15.9 Å². The number of sulfonamides is 1. The summed E-state index contributed by atoms with van der Waals surface area (Å²) in [7, 11) is -3.84. The Labute approximate surface area is 150 Å². The van der Waals surface area contributed by atoms with E-state index in [0.717, 1.165) is 0 Å². The molecule has 8 nitrogen and oxygen atoms in total. The predicted octanol–water partition coefficient (Wildman–Crippen LogP) is 2.59. The minimum absolute atomic E-state index is 0.0113. The summed E-state index contributed by atoms with van der Waals surface area (Å²) >= 11 is 0. The van der Waals surface area contributed by atoms with Crippen molar-refractivity contribution in [3.8, 4) is 5.75 Å². The number of nitrogens with one attached hydrogen (secondary N) is 3. The van der Waals surface area contributed by atoms with E-state index in [1.807, 2.05) is 0 Å². The normalized spacial score (nSPS) is 10.7. The molecule has 0 saturated heterocycles. The lowest BCUT2D eigenvalue weighted by atomic mass is 10.1. The van der Waals surface area contributed by atoms with Gasteiger partial charge in [-0.15, -0.1) is 0 Å². The van der Waals surface area contributed by atoms with Gasteiger partial charge in [-0.1, -0.05) is 6.07 Å². The van der Waals surface area contributed by atoms with Crippen molar-refractivity contribution in [2.45, 2.75) is 11.8 Å². The van der Waals surface area contributed by atoms with E-state index in [9.17, 15) is 13.2 Å². The summed E-state index contributed by atoms with van der Waals surface area (Å²) in [4.78, 5) is 11.0. The molecule has 0 saturated carbocycles. The first-order valence-electron chi connectivity index (χ1n) is 7.40. The van der Waals surface area contributed by atoms with E-state index in [0.29, 0.717) is 35.3 Å². The van der Waals surface area contributed by atoms with Crippen LogP contribution in [0.2, 0.25) is 0 Å². The maximum Gasteiger partial charge on any atom is 0.261 e. The molecule has 0 aromatic heterocycles. The number of benzene rings is 2. The molecule has 9 heteroatoms. The van der Waals surface area contributed by atoms with Crippen LogP contribution >= 0.6 is 0 Å². The van der Waals surface area contributed by atoms with Gasteiger partial charge in [-0.2, -0.15) is 0 Å². The average Bonchev–Trinajstić information content (AvgIpc) is 2.61. The molecule has 0 heterocycles. The number of carbonyl (C=O) groups excluding carboxylic acids is 1. The Morgan fingerprint density at radius 2 is 1.88 bits per heavy atom. The first-order valence-corrected chi connectivity index (χ1v) is 8.88. The van der Waals surface area contributed by atoms with Crippen LogP contribution in [-0.4, -0.2) is 33.6 Å². The van der Waals surface area contributed by atoms with Crippen LogP contribution in [0.25, 0.3) is 0 Å². The second-order valence-electron chi connectivity index (χ2n) is 5.21. The molecule has 0 radical (unpaired) electrons. The van der Waals surface area contributed by atoms with Crippen LogP contribution in [0.5, 0.6) is 5.75 Å². The number of rotatable bonds is 8. The number of carbonyl (C=O) groups is 1. The maximum absolute atomic E-state index is 12.4. The standard InChI is InChI=1S/C17H17N3O5S/c1-12-2-7-16(8-13(12)9-21)26(22,23)20-14-3-5-15(6-4-14)24-10-17(19)25-11-18/h2-9,11,18-20H,10H2,1H3. The Morgan fingerprint density at radius 3 is 2.50 bits per heavy atom. The maximum atomic E-state index is 12.4. The fourth-order valence-electron chi connectivity index (χ4n) is 2.00. The fraction of sp³-hybridized carbons (Fsp3) is 0.118. The SMILES string of the molecule is Cc1ccc(S(=O)(=O)Nc2ccc(OCC(=N)OC=N)cc2)cc1C=O. The van der Waals surface area contributed by atoms with Gasteiger partial charge in [0.15, 0.2) is 13.0 Å². The zero-order chi connectivity index (χ0) is 19.2. The fourth-order valence-corrected chi connectivity index (χ4v) is 3.09. The molecule has 0 atom stereocenters. The van der Waals surface area contributed by atoms with Gasteiger partial charge in [0.2, 0.25) is 5.90 Å². The van der Waals surface area contributed by atoms with Gasteiger partial charge in [-0.3, -0.25) is 20.3 Å². The molecule has 0 fully saturated rings. The van der Waals surface area contributed by atoms with Crippen LogP contribution in [0, 0.1) is 17.7 Å². The molecule has 0 amide bonds. The topological polar surface area (TPSA) is 129 Å². The molecule has 0 aliphatic carbocycles.